The van der Waals surface area contributed by atoms with E-state index < -0.39 is 6.10 Å². The minimum atomic E-state index is -0.619. The summed E-state index contributed by atoms with van der Waals surface area (Å²) in [6.07, 6.45) is 2.96. The molecule has 2 aliphatic rings. The molecule has 2 aromatic carbocycles. The molecule has 0 bridgehead atoms. The molecule has 2 fully saturated rings. The van der Waals surface area contributed by atoms with Gasteiger partial charge in [0.05, 0.1) is 6.10 Å². The number of amides is 2. The second-order valence-electron chi connectivity index (χ2n) is 10.8. The van der Waals surface area contributed by atoms with Crippen molar-refractivity contribution in [2.75, 3.05) is 0 Å². The summed E-state index contributed by atoms with van der Waals surface area (Å²) in [7, 11) is 0. The van der Waals surface area contributed by atoms with E-state index in [-0.39, 0.29) is 52.8 Å². The number of benzene rings is 2. The summed E-state index contributed by atoms with van der Waals surface area (Å²) in [6.45, 7) is 6.60. The van der Waals surface area contributed by atoms with Gasteiger partial charge in [-0.1, -0.05) is 51.1 Å². The van der Waals surface area contributed by atoms with E-state index in [9.17, 15) is 19.1 Å². The van der Waals surface area contributed by atoms with Crippen LogP contribution >= 0.6 is 0 Å². The van der Waals surface area contributed by atoms with Gasteiger partial charge in [-0.15, -0.1) is 0 Å². The van der Waals surface area contributed by atoms with Crippen LogP contribution in [0.3, 0.4) is 0 Å². The molecule has 0 aliphatic heterocycles. The van der Waals surface area contributed by atoms with Crippen LogP contribution < -0.4 is 10.6 Å². The third kappa shape index (κ3) is 5.43. The van der Waals surface area contributed by atoms with E-state index in [2.05, 4.69) is 24.5 Å². The van der Waals surface area contributed by atoms with Crippen molar-refractivity contribution in [1.82, 2.24) is 10.6 Å². The number of rotatable bonds is 6. The summed E-state index contributed by atoms with van der Waals surface area (Å²) >= 11 is 0. The van der Waals surface area contributed by atoms with Gasteiger partial charge in [-0.05, 0) is 78.7 Å². The monoisotopic (exact) mass is 480 g/mol. The lowest BCUT2D eigenvalue weighted by Gasteiger charge is -2.56. The Bertz CT molecular complexity index is 1030. The molecule has 0 radical (unpaired) electrons. The van der Waals surface area contributed by atoms with Gasteiger partial charge in [0.1, 0.15) is 5.82 Å². The lowest BCUT2D eigenvalue weighted by molar-refractivity contribution is -0.142. The number of hydrogen-bond donors (Lipinski definition) is 3. The molecule has 2 saturated carbocycles. The van der Waals surface area contributed by atoms with Gasteiger partial charge >= 0.3 is 0 Å². The van der Waals surface area contributed by atoms with Crippen LogP contribution in [0, 0.1) is 34.9 Å². The minimum Gasteiger partial charge on any atom is -0.392 e. The van der Waals surface area contributed by atoms with Crippen LogP contribution in [0.4, 0.5) is 4.39 Å². The highest BCUT2D eigenvalue weighted by molar-refractivity contribution is 5.94. The Kier molecular flexibility index (Phi) is 7.60. The zero-order valence-corrected chi connectivity index (χ0v) is 20.8. The first-order valence-corrected chi connectivity index (χ1v) is 12.8. The number of carbonyl (C=O) groups is 2. The summed E-state index contributed by atoms with van der Waals surface area (Å²) in [5, 5.41) is 17.7. The number of nitrogens with one attached hydrogen (secondary N) is 2. The molecule has 0 aromatic heterocycles. The molecule has 0 heterocycles. The quantitative estimate of drug-likeness (QED) is 0.561. The van der Waals surface area contributed by atoms with E-state index in [0.29, 0.717) is 12.1 Å². The van der Waals surface area contributed by atoms with E-state index in [1.54, 1.807) is 12.1 Å². The SMILES string of the molecule is C[C@H]1[C@@H]2[C@@H](O)[C@@H]([C@H](C)C(=O)NCc3ccc(F)cc3)CC[C@@]2(C)CC[C@@H]1NC(=O)c1ccccc1. The molecule has 0 unspecified atom stereocenters. The number of carbonyl (C=O) groups excluding carboxylic acids is 2. The van der Waals surface area contributed by atoms with E-state index in [4.69, 9.17) is 0 Å². The van der Waals surface area contributed by atoms with Crippen molar-refractivity contribution in [3.05, 3.63) is 71.5 Å². The molecule has 7 atom stereocenters. The maximum Gasteiger partial charge on any atom is 0.251 e. The van der Waals surface area contributed by atoms with E-state index >= 15 is 0 Å². The first kappa shape index (κ1) is 25.4. The van der Waals surface area contributed by atoms with Gasteiger partial charge in [-0.2, -0.15) is 0 Å². The molecule has 5 nitrogen and oxygen atoms in total. The molecule has 3 N–H and O–H groups in total. The van der Waals surface area contributed by atoms with Crippen molar-refractivity contribution in [2.45, 2.75) is 65.1 Å². The van der Waals surface area contributed by atoms with Gasteiger partial charge < -0.3 is 15.7 Å². The topological polar surface area (TPSA) is 78.4 Å². The fourth-order valence-corrected chi connectivity index (χ4v) is 6.49. The molecular formula is C29H37FN2O3. The van der Waals surface area contributed by atoms with Gasteiger partial charge in [0.25, 0.3) is 5.91 Å². The third-order valence-corrected chi connectivity index (χ3v) is 8.68. The fraction of sp³-hybridized carbons (Fsp3) is 0.517. The summed E-state index contributed by atoms with van der Waals surface area (Å²) in [5.41, 5.74) is 1.47. The molecule has 2 amide bonds. The highest BCUT2D eigenvalue weighted by atomic mass is 19.1. The second kappa shape index (κ2) is 10.5. The van der Waals surface area contributed by atoms with Crippen molar-refractivity contribution in [1.29, 1.82) is 0 Å². The summed E-state index contributed by atoms with van der Waals surface area (Å²) in [6, 6.07) is 15.3. The molecule has 2 aliphatic carbocycles. The Hall–Kier alpha value is -2.73. The zero-order chi connectivity index (χ0) is 25.2. The average Bonchev–Trinajstić information content (AvgIpc) is 2.85. The normalized spacial score (nSPS) is 31.2. The number of aliphatic hydroxyl groups is 1. The predicted octanol–water partition coefficient (Wildman–Crippen LogP) is 4.70. The Morgan fingerprint density at radius 1 is 1.09 bits per heavy atom. The van der Waals surface area contributed by atoms with Crippen molar-refractivity contribution in [3.8, 4) is 0 Å². The number of halogens is 1. The van der Waals surface area contributed by atoms with E-state index in [0.717, 1.165) is 31.2 Å². The fourth-order valence-electron chi connectivity index (χ4n) is 6.49. The van der Waals surface area contributed by atoms with Crippen molar-refractivity contribution in [2.24, 2.45) is 29.1 Å². The molecule has 2 aromatic rings. The zero-order valence-electron chi connectivity index (χ0n) is 20.8. The van der Waals surface area contributed by atoms with Crippen LogP contribution in [0.15, 0.2) is 54.6 Å². The Balaban J connectivity index is 1.41. The smallest absolute Gasteiger partial charge is 0.251 e. The Labute approximate surface area is 207 Å². The minimum absolute atomic E-state index is 0.00317. The number of hydrogen-bond acceptors (Lipinski definition) is 3. The first-order valence-electron chi connectivity index (χ1n) is 12.8. The van der Waals surface area contributed by atoms with Gasteiger partial charge in [0.15, 0.2) is 0 Å². The molecule has 188 valence electrons. The van der Waals surface area contributed by atoms with Crippen LogP contribution in [0.5, 0.6) is 0 Å². The highest BCUT2D eigenvalue weighted by Crippen LogP contribution is 2.55. The number of aliphatic hydroxyl groups excluding tert-OH is 1. The van der Waals surface area contributed by atoms with Crippen LogP contribution in [-0.2, 0) is 11.3 Å². The van der Waals surface area contributed by atoms with Gasteiger partial charge in [0.2, 0.25) is 5.91 Å². The maximum absolute atomic E-state index is 13.1. The molecule has 0 saturated heterocycles. The first-order chi connectivity index (χ1) is 16.7. The largest absolute Gasteiger partial charge is 0.392 e. The van der Waals surface area contributed by atoms with E-state index in [1.165, 1.54) is 12.1 Å². The van der Waals surface area contributed by atoms with Crippen LogP contribution in [0.2, 0.25) is 0 Å². The summed E-state index contributed by atoms with van der Waals surface area (Å²) in [5.74, 6) is -0.881. The average molecular weight is 481 g/mol. The molecule has 6 heteroatoms. The van der Waals surface area contributed by atoms with Crippen LogP contribution in [-0.4, -0.2) is 29.1 Å². The van der Waals surface area contributed by atoms with Gasteiger partial charge in [0, 0.05) is 24.1 Å². The van der Waals surface area contributed by atoms with Crippen LogP contribution in [0.25, 0.3) is 0 Å². The Morgan fingerprint density at radius 2 is 1.74 bits per heavy atom. The van der Waals surface area contributed by atoms with Gasteiger partial charge in [-0.3, -0.25) is 9.59 Å². The molecular weight excluding hydrogens is 443 g/mol. The van der Waals surface area contributed by atoms with Crippen LogP contribution in [0.1, 0.15) is 62.4 Å². The summed E-state index contributed by atoms with van der Waals surface area (Å²) < 4.78 is 13.1. The molecule has 4 rings (SSSR count). The molecule has 0 spiro atoms. The molecule has 35 heavy (non-hydrogen) atoms. The second-order valence-corrected chi connectivity index (χ2v) is 10.8. The predicted molar refractivity (Wildman–Crippen MR) is 134 cm³/mol. The highest BCUT2D eigenvalue weighted by Gasteiger charge is 2.53. The lowest BCUT2D eigenvalue weighted by atomic mass is 9.51. The van der Waals surface area contributed by atoms with E-state index in [1.807, 2.05) is 37.3 Å². The van der Waals surface area contributed by atoms with Crippen molar-refractivity contribution < 1.29 is 19.1 Å². The lowest BCUT2D eigenvalue weighted by Crippen LogP contribution is -2.58. The van der Waals surface area contributed by atoms with Crippen molar-refractivity contribution in [3.63, 3.8) is 0 Å². The summed E-state index contributed by atoms with van der Waals surface area (Å²) in [4.78, 5) is 25.8. The van der Waals surface area contributed by atoms with Crippen molar-refractivity contribution >= 4 is 11.8 Å². The Morgan fingerprint density at radius 3 is 2.43 bits per heavy atom. The number of fused-ring (bicyclic) bond motifs is 1. The third-order valence-electron chi connectivity index (χ3n) is 8.68. The maximum atomic E-state index is 13.1. The van der Waals surface area contributed by atoms with Gasteiger partial charge in [-0.25, -0.2) is 4.39 Å². The standard InChI is InChI=1S/C29H37FN2O3/c1-18(27(34)31-17-20-9-11-22(30)12-10-20)23-13-15-29(3)16-14-24(19(2)25(29)26(23)33)32-28(35)21-7-5-4-6-8-21/h4-12,18-19,23-26,33H,13-17H2,1-3H3,(H,31,34)(H,32,35)/t18-,19+,23+,24-,25+,26-,29-/m0/s1.